The molecule has 2 aromatic rings. The van der Waals surface area contributed by atoms with Gasteiger partial charge >= 0.3 is 0 Å². The van der Waals surface area contributed by atoms with Crippen molar-refractivity contribution in [3.05, 3.63) is 30.0 Å². The molecule has 3 heterocycles. The van der Waals surface area contributed by atoms with Crippen LogP contribution in [0.3, 0.4) is 0 Å². The third kappa shape index (κ3) is 4.40. The van der Waals surface area contributed by atoms with Gasteiger partial charge in [-0.3, -0.25) is 9.69 Å². The summed E-state index contributed by atoms with van der Waals surface area (Å²) in [4.78, 5) is 16.5. The zero-order valence-corrected chi connectivity index (χ0v) is 15.8. The van der Waals surface area contributed by atoms with Crippen LogP contribution < -0.4 is 12.4 Å². The summed E-state index contributed by atoms with van der Waals surface area (Å²) in [5.74, 6) is 1.19. The first-order chi connectivity index (χ1) is 12.2. The second-order valence-corrected chi connectivity index (χ2v) is 5.98. The number of aromatic nitrogens is 4. The van der Waals surface area contributed by atoms with Gasteiger partial charge in [-0.15, -0.1) is 5.10 Å². The molecule has 0 radical (unpaired) electrons. The first kappa shape index (κ1) is 20.3. The quantitative estimate of drug-likeness (QED) is 0.537. The fraction of sp³-hybridized carbons (Fsp3) is 0.625. The van der Waals surface area contributed by atoms with Gasteiger partial charge in [0, 0.05) is 33.3 Å². The Morgan fingerprint density at radius 1 is 1.35 bits per heavy atom. The van der Waals surface area contributed by atoms with E-state index < -0.39 is 0 Å². The number of halogens is 1. The van der Waals surface area contributed by atoms with E-state index >= 15 is 0 Å². The van der Waals surface area contributed by atoms with Crippen LogP contribution >= 0.6 is 0 Å². The van der Waals surface area contributed by atoms with Crippen LogP contribution in [0.15, 0.2) is 22.8 Å². The van der Waals surface area contributed by atoms with Gasteiger partial charge in [0.05, 0.1) is 25.5 Å². The molecule has 0 aromatic carbocycles. The Kier molecular flexibility index (Phi) is 7.55. The average molecular weight is 384 g/mol. The first-order valence-electron chi connectivity index (χ1n) is 8.56. The molecule has 1 saturated heterocycles. The fourth-order valence-electron chi connectivity index (χ4n) is 3.18. The van der Waals surface area contributed by atoms with E-state index in [-0.39, 0.29) is 24.4 Å². The molecule has 1 unspecified atom stereocenters. The third-order valence-electron chi connectivity index (χ3n) is 4.53. The standard InChI is InChI=1S/C16H24N6O3.ClH/c1-3-13(15-17-18-19-22(15)10-12-24-2)20-6-8-21(9-7-20)16(23)14-5-4-11-25-14;/h4-5,11,13H,3,6-10,12H2,1-2H3;1H/p-1. The van der Waals surface area contributed by atoms with E-state index in [2.05, 4.69) is 27.3 Å². The van der Waals surface area contributed by atoms with E-state index in [9.17, 15) is 4.79 Å². The Balaban J connectivity index is 0.00000243. The number of furan rings is 1. The number of carbonyl (C=O) groups is 1. The molecule has 0 spiro atoms. The molecule has 1 atom stereocenters. The van der Waals surface area contributed by atoms with Crippen LogP contribution in [-0.2, 0) is 11.3 Å². The lowest BCUT2D eigenvalue weighted by atomic mass is 10.1. The molecule has 9 nitrogen and oxygen atoms in total. The predicted molar refractivity (Wildman–Crippen MR) is 88.9 cm³/mol. The van der Waals surface area contributed by atoms with Crippen LogP contribution in [0.4, 0.5) is 0 Å². The number of amides is 1. The molecule has 1 aliphatic rings. The molecule has 0 aliphatic carbocycles. The Hall–Kier alpha value is -1.97. The van der Waals surface area contributed by atoms with E-state index in [0.717, 1.165) is 25.3 Å². The summed E-state index contributed by atoms with van der Waals surface area (Å²) in [6.45, 7) is 6.21. The summed E-state index contributed by atoms with van der Waals surface area (Å²) >= 11 is 0. The van der Waals surface area contributed by atoms with Crippen molar-refractivity contribution in [2.75, 3.05) is 39.9 Å². The van der Waals surface area contributed by atoms with Crippen LogP contribution in [0.2, 0.25) is 0 Å². The maximum Gasteiger partial charge on any atom is 0.289 e. The largest absolute Gasteiger partial charge is 1.00 e. The summed E-state index contributed by atoms with van der Waals surface area (Å²) < 4.78 is 12.1. The maximum atomic E-state index is 12.4. The Bertz CT molecular complexity index is 669. The number of hydrogen-bond acceptors (Lipinski definition) is 7. The van der Waals surface area contributed by atoms with E-state index in [4.69, 9.17) is 9.15 Å². The topological polar surface area (TPSA) is 89.5 Å². The van der Waals surface area contributed by atoms with Crippen molar-refractivity contribution in [3.8, 4) is 0 Å². The van der Waals surface area contributed by atoms with Crippen LogP contribution in [-0.4, -0.2) is 75.8 Å². The van der Waals surface area contributed by atoms with Gasteiger partial charge in [-0.25, -0.2) is 4.68 Å². The highest BCUT2D eigenvalue weighted by atomic mass is 35.5. The molecular weight excluding hydrogens is 360 g/mol. The lowest BCUT2D eigenvalue weighted by Gasteiger charge is -2.38. The molecular formula is C16H24ClN6O3-. The summed E-state index contributed by atoms with van der Waals surface area (Å²) in [7, 11) is 1.66. The molecule has 0 bridgehead atoms. The highest BCUT2D eigenvalue weighted by molar-refractivity contribution is 5.91. The molecule has 2 aromatic heterocycles. The second kappa shape index (κ2) is 9.65. The van der Waals surface area contributed by atoms with Gasteiger partial charge in [-0.1, -0.05) is 6.92 Å². The normalized spacial score (nSPS) is 16.3. The zero-order valence-electron chi connectivity index (χ0n) is 15.0. The van der Waals surface area contributed by atoms with Crippen molar-refractivity contribution in [1.29, 1.82) is 0 Å². The predicted octanol–water partition coefficient (Wildman–Crippen LogP) is -2.17. The molecule has 26 heavy (non-hydrogen) atoms. The minimum atomic E-state index is -0.0531. The lowest BCUT2D eigenvalue weighted by Crippen LogP contribution is -3.00. The molecule has 1 amide bonds. The molecule has 0 saturated carbocycles. The van der Waals surface area contributed by atoms with Crippen molar-refractivity contribution in [3.63, 3.8) is 0 Å². The first-order valence-corrected chi connectivity index (χ1v) is 8.56. The van der Waals surface area contributed by atoms with E-state index in [1.54, 1.807) is 23.9 Å². The highest BCUT2D eigenvalue weighted by Crippen LogP contribution is 2.23. The van der Waals surface area contributed by atoms with Crippen LogP contribution in [0.5, 0.6) is 0 Å². The zero-order chi connectivity index (χ0) is 17.6. The third-order valence-corrected chi connectivity index (χ3v) is 4.53. The number of tetrazole rings is 1. The number of carbonyl (C=O) groups excluding carboxylic acids is 1. The van der Waals surface area contributed by atoms with Crippen LogP contribution in [0, 0.1) is 0 Å². The number of hydrogen-bond donors (Lipinski definition) is 0. The number of ether oxygens (including phenoxy) is 1. The van der Waals surface area contributed by atoms with Gasteiger partial charge in [-0.05, 0) is 29.0 Å². The van der Waals surface area contributed by atoms with Gasteiger partial charge in [0.1, 0.15) is 0 Å². The van der Waals surface area contributed by atoms with Gasteiger partial charge in [0.25, 0.3) is 5.91 Å². The van der Waals surface area contributed by atoms with Crippen LogP contribution in [0.1, 0.15) is 35.8 Å². The minimum absolute atomic E-state index is 0. The van der Waals surface area contributed by atoms with Crippen molar-refractivity contribution in [1.82, 2.24) is 30.0 Å². The van der Waals surface area contributed by atoms with Crippen LogP contribution in [0.25, 0.3) is 0 Å². The molecule has 0 N–H and O–H groups in total. The van der Waals surface area contributed by atoms with Crippen molar-refractivity contribution >= 4 is 5.91 Å². The second-order valence-electron chi connectivity index (χ2n) is 5.98. The minimum Gasteiger partial charge on any atom is -1.00 e. The molecule has 1 fully saturated rings. The Labute approximate surface area is 158 Å². The van der Waals surface area contributed by atoms with Crippen molar-refractivity contribution in [2.24, 2.45) is 0 Å². The molecule has 1 aliphatic heterocycles. The average Bonchev–Trinajstić information content (AvgIpc) is 3.33. The van der Waals surface area contributed by atoms with Gasteiger partial charge in [-0.2, -0.15) is 0 Å². The fourth-order valence-corrected chi connectivity index (χ4v) is 3.18. The Morgan fingerprint density at radius 3 is 2.73 bits per heavy atom. The van der Waals surface area contributed by atoms with Gasteiger partial charge in [0.2, 0.25) is 0 Å². The molecule has 10 heteroatoms. The van der Waals surface area contributed by atoms with Crippen molar-refractivity contribution < 1.29 is 26.4 Å². The summed E-state index contributed by atoms with van der Waals surface area (Å²) in [6.07, 6.45) is 2.43. The van der Waals surface area contributed by atoms with E-state index in [1.165, 1.54) is 6.26 Å². The number of rotatable bonds is 7. The lowest BCUT2D eigenvalue weighted by molar-refractivity contribution is -0.0000167. The highest BCUT2D eigenvalue weighted by Gasteiger charge is 2.30. The monoisotopic (exact) mass is 383 g/mol. The number of methoxy groups -OCH3 is 1. The van der Waals surface area contributed by atoms with Gasteiger partial charge < -0.3 is 26.5 Å². The number of piperazine rings is 1. The summed E-state index contributed by atoms with van der Waals surface area (Å²) in [5, 5.41) is 12.1. The van der Waals surface area contributed by atoms with E-state index in [0.29, 0.717) is 32.0 Å². The van der Waals surface area contributed by atoms with Crippen molar-refractivity contribution in [2.45, 2.75) is 25.9 Å². The maximum absolute atomic E-state index is 12.4. The Morgan fingerprint density at radius 2 is 2.12 bits per heavy atom. The summed E-state index contributed by atoms with van der Waals surface area (Å²) in [5.41, 5.74) is 0. The molecule has 144 valence electrons. The SMILES string of the molecule is CCC(c1nnnn1CCOC)N1CCN(C(=O)c2ccco2)CC1.[Cl-]. The van der Waals surface area contributed by atoms with E-state index in [1.807, 2.05) is 4.90 Å². The summed E-state index contributed by atoms with van der Waals surface area (Å²) in [6, 6.07) is 3.57. The molecule has 3 rings (SSSR count). The smallest absolute Gasteiger partial charge is 0.289 e. The van der Waals surface area contributed by atoms with Gasteiger partial charge in [0.15, 0.2) is 11.6 Å². The number of nitrogens with zero attached hydrogens (tertiary/aromatic N) is 6.